The van der Waals surface area contributed by atoms with Crippen LogP contribution in [0.4, 0.5) is 0 Å². The average molecular weight is 323 g/mol. The summed E-state index contributed by atoms with van der Waals surface area (Å²) >= 11 is 1.54. The number of nitrogens with two attached hydrogens (primary N) is 1. The van der Waals surface area contributed by atoms with E-state index in [0.717, 1.165) is 0 Å². The molecule has 0 saturated carbocycles. The fraction of sp³-hybridized carbons (Fsp3) is 0.571. The highest BCUT2D eigenvalue weighted by molar-refractivity contribution is 8.01. The quantitative estimate of drug-likeness (QED) is 0.450. The summed E-state index contributed by atoms with van der Waals surface area (Å²) in [7, 11) is 0. The second kappa shape index (κ2) is 6.01. The van der Waals surface area contributed by atoms with Crippen LogP contribution in [0.5, 0.6) is 0 Å². The van der Waals surface area contributed by atoms with Crippen LogP contribution >= 0.6 is 11.8 Å². The van der Waals surface area contributed by atoms with E-state index < -0.39 is 24.4 Å². The number of allylic oxidation sites excluding steroid dienone is 1. The van der Waals surface area contributed by atoms with E-state index in [1.165, 1.54) is 6.92 Å². The number of fused-ring (bicyclic) bond motifs is 1. The number of hydrogen-bond acceptors (Lipinski definition) is 7. The zero-order valence-electron chi connectivity index (χ0n) is 12.4. The molecule has 0 unspecified atom stereocenters. The minimum absolute atomic E-state index is 0.0730. The number of carbonyl (C=O) groups is 3. The monoisotopic (exact) mass is 323 g/mol. The van der Waals surface area contributed by atoms with Gasteiger partial charge in [-0.1, -0.05) is 0 Å². The Morgan fingerprint density at radius 2 is 2.27 bits per heavy atom. The lowest BCUT2D eigenvalue weighted by molar-refractivity contribution is -0.155. The van der Waals surface area contributed by atoms with Gasteiger partial charge in [-0.3, -0.25) is 9.59 Å². The largest absolute Gasteiger partial charge is 0.456 e. The number of Topliss-reactive ketones (excluding diaryl/α,β-unsaturated/α-hetero) is 1. The Bertz CT molecular complexity index is 606. The van der Waals surface area contributed by atoms with Crippen molar-refractivity contribution in [1.82, 2.24) is 4.90 Å². The van der Waals surface area contributed by atoms with Crippen molar-refractivity contribution < 1.29 is 19.1 Å². The van der Waals surface area contributed by atoms with E-state index in [2.05, 4.69) is 0 Å². The predicted molar refractivity (Wildman–Crippen MR) is 79.2 cm³/mol. The number of ether oxygens (including phenoxy) is 1. The molecule has 22 heavy (non-hydrogen) atoms. The predicted octanol–water partition coefficient (Wildman–Crippen LogP) is 0.309. The molecule has 0 aromatic carbocycles. The van der Waals surface area contributed by atoms with E-state index in [9.17, 15) is 14.4 Å². The maximum atomic E-state index is 12.1. The summed E-state index contributed by atoms with van der Waals surface area (Å²) in [5.74, 6) is -0.883. The molecule has 1 amide bonds. The normalized spacial score (nSPS) is 28.0. The third-order valence-corrected chi connectivity index (χ3v) is 5.35. The van der Waals surface area contributed by atoms with E-state index in [4.69, 9.17) is 15.7 Å². The topological polar surface area (TPSA) is 113 Å². The van der Waals surface area contributed by atoms with Crippen LogP contribution in [-0.4, -0.2) is 45.8 Å². The first kappa shape index (κ1) is 16.4. The Hall–Kier alpha value is -2.01. The van der Waals surface area contributed by atoms with Gasteiger partial charge in [-0.25, -0.2) is 4.79 Å². The van der Waals surface area contributed by atoms with Crippen molar-refractivity contribution >= 4 is 29.4 Å². The van der Waals surface area contributed by atoms with Crippen molar-refractivity contribution in [3.63, 3.8) is 0 Å². The third kappa shape index (κ3) is 2.81. The number of carbonyl (C=O) groups excluding carboxylic acids is 3. The molecule has 0 spiro atoms. The average Bonchev–Trinajstić information content (AvgIpc) is 2.94. The van der Waals surface area contributed by atoms with Crippen LogP contribution in [0.25, 0.3) is 0 Å². The molecule has 118 valence electrons. The summed E-state index contributed by atoms with van der Waals surface area (Å²) in [5, 5.41) is 8.83. The summed E-state index contributed by atoms with van der Waals surface area (Å²) in [6, 6.07) is 1.02. The zero-order valence-corrected chi connectivity index (χ0v) is 13.2. The Balaban J connectivity index is 2.00. The van der Waals surface area contributed by atoms with Crippen LogP contribution in [0.1, 0.15) is 26.7 Å². The molecular weight excluding hydrogens is 306 g/mol. The van der Waals surface area contributed by atoms with Crippen LogP contribution in [0.2, 0.25) is 0 Å². The van der Waals surface area contributed by atoms with Crippen molar-refractivity contribution in [3.05, 3.63) is 11.3 Å². The SMILES string of the molecule is C/C(N)=C(/C#N)C(=O)COC(=O)[C@@H]1CS[C@]2(C)CCC(=O)N12. The standard InChI is InChI=1S/C14H17N3O4S/c1-8(16)9(5-15)11(18)6-21-13(20)10-7-22-14(2)4-3-12(19)17(10)14/h10H,3-4,6-7,16H2,1-2H3/b9-8+/t10-,14+/m0/s1. The van der Waals surface area contributed by atoms with Crippen LogP contribution in [-0.2, 0) is 19.1 Å². The number of esters is 1. The molecule has 0 aliphatic carbocycles. The summed E-state index contributed by atoms with van der Waals surface area (Å²) in [6.45, 7) is 2.81. The molecule has 2 aliphatic rings. The molecule has 0 aromatic heterocycles. The van der Waals surface area contributed by atoms with Crippen molar-refractivity contribution in [2.75, 3.05) is 12.4 Å². The zero-order chi connectivity index (χ0) is 16.5. The van der Waals surface area contributed by atoms with Crippen molar-refractivity contribution in [2.24, 2.45) is 5.73 Å². The Kier molecular flexibility index (Phi) is 4.47. The highest BCUT2D eigenvalue weighted by Gasteiger charge is 2.53. The van der Waals surface area contributed by atoms with Gasteiger partial charge in [0.1, 0.15) is 17.7 Å². The van der Waals surface area contributed by atoms with Crippen LogP contribution in [0.3, 0.4) is 0 Å². The Labute approximate surface area is 132 Å². The molecule has 8 heteroatoms. The molecule has 0 radical (unpaired) electrons. The van der Waals surface area contributed by atoms with Crippen molar-refractivity contribution in [3.8, 4) is 6.07 Å². The fourth-order valence-electron chi connectivity index (χ4n) is 2.67. The number of thioether (sulfide) groups is 1. The highest BCUT2D eigenvalue weighted by atomic mass is 32.2. The smallest absolute Gasteiger partial charge is 0.330 e. The first-order chi connectivity index (χ1) is 10.3. The van der Waals surface area contributed by atoms with E-state index in [0.29, 0.717) is 18.6 Å². The molecule has 2 N–H and O–H groups in total. The van der Waals surface area contributed by atoms with E-state index in [1.54, 1.807) is 22.7 Å². The summed E-state index contributed by atoms with van der Waals surface area (Å²) in [4.78, 5) is 37.0. The molecule has 0 bridgehead atoms. The molecule has 2 heterocycles. The van der Waals surface area contributed by atoms with Crippen molar-refractivity contribution in [1.29, 1.82) is 5.26 Å². The maximum Gasteiger partial charge on any atom is 0.330 e. The second-order valence-corrected chi connectivity index (χ2v) is 6.97. The summed E-state index contributed by atoms with van der Waals surface area (Å²) in [6.07, 6.45) is 1.12. The van der Waals surface area contributed by atoms with E-state index >= 15 is 0 Å². The molecule has 7 nitrogen and oxygen atoms in total. The lowest BCUT2D eigenvalue weighted by Crippen LogP contribution is -2.47. The molecule has 2 aliphatic heterocycles. The minimum Gasteiger partial charge on any atom is -0.456 e. The minimum atomic E-state index is -0.675. The van der Waals surface area contributed by atoms with Crippen molar-refractivity contribution in [2.45, 2.75) is 37.6 Å². The lowest BCUT2D eigenvalue weighted by Gasteiger charge is -2.29. The third-order valence-electron chi connectivity index (χ3n) is 3.85. The molecule has 2 saturated heterocycles. The van der Waals surface area contributed by atoms with Gasteiger partial charge in [-0.2, -0.15) is 5.26 Å². The van der Waals surface area contributed by atoms with Gasteiger partial charge in [-0.05, 0) is 20.3 Å². The number of rotatable bonds is 4. The van der Waals surface area contributed by atoms with Gasteiger partial charge >= 0.3 is 5.97 Å². The highest BCUT2D eigenvalue weighted by Crippen LogP contribution is 2.47. The number of nitrogens with zero attached hydrogens (tertiary/aromatic N) is 2. The number of amides is 1. The van der Waals surface area contributed by atoms with Gasteiger partial charge in [0.05, 0.1) is 4.87 Å². The fourth-order valence-corrected chi connectivity index (χ4v) is 4.09. The first-order valence-corrected chi connectivity index (χ1v) is 7.81. The van der Waals surface area contributed by atoms with Gasteiger partial charge in [0, 0.05) is 17.9 Å². The van der Waals surface area contributed by atoms with Gasteiger partial charge in [0.25, 0.3) is 0 Å². The van der Waals surface area contributed by atoms with Crippen LogP contribution in [0, 0.1) is 11.3 Å². The summed E-state index contributed by atoms with van der Waals surface area (Å²) in [5.41, 5.74) is 5.29. The van der Waals surface area contributed by atoms with E-state index in [-0.39, 0.29) is 22.0 Å². The number of nitriles is 1. The van der Waals surface area contributed by atoms with E-state index in [1.807, 2.05) is 6.92 Å². The maximum absolute atomic E-state index is 12.1. The molecule has 2 atom stereocenters. The van der Waals surface area contributed by atoms with Crippen LogP contribution < -0.4 is 5.73 Å². The van der Waals surface area contributed by atoms with Gasteiger partial charge < -0.3 is 15.4 Å². The van der Waals surface area contributed by atoms with Crippen LogP contribution in [0.15, 0.2) is 11.3 Å². The summed E-state index contributed by atoms with van der Waals surface area (Å²) < 4.78 is 4.99. The lowest BCUT2D eigenvalue weighted by atomic mass is 10.1. The van der Waals surface area contributed by atoms with Gasteiger partial charge in [0.15, 0.2) is 6.61 Å². The second-order valence-electron chi connectivity index (χ2n) is 5.47. The Morgan fingerprint density at radius 1 is 1.59 bits per heavy atom. The molecular formula is C14H17N3O4S. The first-order valence-electron chi connectivity index (χ1n) is 6.82. The molecule has 0 aromatic rings. The molecule has 2 fully saturated rings. The Morgan fingerprint density at radius 3 is 2.86 bits per heavy atom. The van der Waals surface area contributed by atoms with Gasteiger partial charge in [-0.15, -0.1) is 11.8 Å². The van der Waals surface area contributed by atoms with Gasteiger partial charge in [0.2, 0.25) is 11.7 Å². The number of ketones is 1. The molecule has 2 rings (SSSR count). The number of hydrogen-bond donors (Lipinski definition) is 1.